The summed E-state index contributed by atoms with van der Waals surface area (Å²) in [5.74, 6) is -0.271. The van der Waals surface area contributed by atoms with E-state index in [0.29, 0.717) is 4.88 Å². The Morgan fingerprint density at radius 2 is 2.05 bits per heavy atom. The van der Waals surface area contributed by atoms with E-state index in [4.69, 9.17) is 4.74 Å². The van der Waals surface area contributed by atoms with Crippen LogP contribution in [0, 0.1) is 0 Å². The zero-order valence-corrected chi connectivity index (χ0v) is 11.3. The Labute approximate surface area is 115 Å². The fourth-order valence-corrected chi connectivity index (χ4v) is 3.08. The third-order valence-electron chi connectivity index (χ3n) is 3.04. The van der Waals surface area contributed by atoms with Crippen molar-refractivity contribution in [3.05, 3.63) is 59.1 Å². The van der Waals surface area contributed by atoms with Crippen molar-refractivity contribution in [2.24, 2.45) is 0 Å². The van der Waals surface area contributed by atoms with Crippen molar-refractivity contribution in [1.29, 1.82) is 0 Å². The van der Waals surface area contributed by atoms with E-state index in [2.05, 4.69) is 22.9 Å². The van der Waals surface area contributed by atoms with Crippen LogP contribution in [0.25, 0.3) is 10.2 Å². The van der Waals surface area contributed by atoms with E-state index in [9.17, 15) is 4.79 Å². The van der Waals surface area contributed by atoms with E-state index < -0.39 is 0 Å². The lowest BCUT2D eigenvalue weighted by Crippen LogP contribution is -1.99. The molecule has 0 N–H and O–H groups in total. The second-order valence-electron chi connectivity index (χ2n) is 4.28. The molecule has 0 atom stereocenters. The molecule has 2 heterocycles. The molecule has 3 aromatic rings. The molecule has 1 aromatic carbocycles. The van der Waals surface area contributed by atoms with Crippen LogP contribution in [0.4, 0.5) is 0 Å². The van der Waals surface area contributed by atoms with Gasteiger partial charge in [0.05, 0.1) is 17.3 Å². The van der Waals surface area contributed by atoms with E-state index in [0.717, 1.165) is 16.8 Å². The largest absolute Gasteiger partial charge is 0.465 e. The van der Waals surface area contributed by atoms with Crippen molar-refractivity contribution in [1.82, 2.24) is 4.57 Å². The highest BCUT2D eigenvalue weighted by Crippen LogP contribution is 2.27. The molecule has 0 aliphatic carbocycles. The molecule has 0 amide bonds. The number of fused-ring (bicyclic) bond motifs is 1. The average molecular weight is 271 g/mol. The normalized spacial score (nSPS) is 10.8. The second-order valence-corrected chi connectivity index (χ2v) is 5.36. The molecule has 19 heavy (non-hydrogen) atoms. The summed E-state index contributed by atoms with van der Waals surface area (Å²) in [6.45, 7) is 0.807. The molecule has 0 aliphatic heterocycles. The van der Waals surface area contributed by atoms with Crippen molar-refractivity contribution >= 4 is 27.5 Å². The molecule has 0 aliphatic rings. The number of thiophene rings is 1. The van der Waals surface area contributed by atoms with Gasteiger partial charge in [0.2, 0.25) is 0 Å². The van der Waals surface area contributed by atoms with Crippen LogP contribution in [-0.2, 0) is 11.3 Å². The van der Waals surface area contributed by atoms with Crippen LogP contribution in [0.5, 0.6) is 0 Å². The molecule has 0 saturated carbocycles. The number of methoxy groups -OCH3 is 1. The van der Waals surface area contributed by atoms with E-state index in [1.165, 1.54) is 24.0 Å². The van der Waals surface area contributed by atoms with Crippen LogP contribution >= 0.6 is 11.3 Å². The number of nitrogens with zero attached hydrogens (tertiary/aromatic N) is 1. The third kappa shape index (κ3) is 2.27. The minimum atomic E-state index is -0.271. The zero-order chi connectivity index (χ0) is 13.2. The molecular formula is C15H13NO2S. The van der Waals surface area contributed by atoms with Crippen molar-refractivity contribution < 1.29 is 9.53 Å². The lowest BCUT2D eigenvalue weighted by atomic mass is 10.2. The lowest BCUT2D eigenvalue weighted by molar-refractivity contribution is 0.0606. The number of hydrogen-bond donors (Lipinski definition) is 0. The van der Waals surface area contributed by atoms with Gasteiger partial charge in [0.15, 0.2) is 0 Å². The summed E-state index contributed by atoms with van der Waals surface area (Å²) in [7, 11) is 1.41. The molecule has 0 saturated heterocycles. The van der Waals surface area contributed by atoms with Crippen LogP contribution in [-0.4, -0.2) is 17.6 Å². The van der Waals surface area contributed by atoms with Crippen molar-refractivity contribution in [3.63, 3.8) is 0 Å². The molecule has 3 rings (SSSR count). The van der Waals surface area contributed by atoms with Gasteiger partial charge >= 0.3 is 5.97 Å². The number of rotatable bonds is 3. The number of carbonyl (C=O) groups is 1. The van der Waals surface area contributed by atoms with Gasteiger partial charge in [-0.15, -0.1) is 11.3 Å². The van der Waals surface area contributed by atoms with Crippen LogP contribution in [0.3, 0.4) is 0 Å². The lowest BCUT2D eigenvalue weighted by Gasteiger charge is -2.03. The molecular weight excluding hydrogens is 258 g/mol. The number of benzene rings is 1. The highest BCUT2D eigenvalue weighted by atomic mass is 32.1. The van der Waals surface area contributed by atoms with Gasteiger partial charge in [0.25, 0.3) is 0 Å². The number of hydrogen-bond acceptors (Lipinski definition) is 3. The van der Waals surface area contributed by atoms with E-state index in [1.54, 1.807) is 0 Å². The van der Waals surface area contributed by atoms with E-state index in [-0.39, 0.29) is 5.97 Å². The standard InChI is InChI=1S/C15H13NO2S/c1-18-15(17)14-9-12-13(19-14)7-8-16(12)10-11-5-3-2-4-6-11/h2-9H,10H2,1H3. The first-order valence-electron chi connectivity index (χ1n) is 5.99. The first kappa shape index (κ1) is 12.0. The Balaban J connectivity index is 1.96. The van der Waals surface area contributed by atoms with Gasteiger partial charge in [0, 0.05) is 12.7 Å². The molecule has 0 fully saturated rings. The van der Waals surface area contributed by atoms with E-state index in [1.807, 2.05) is 30.3 Å². The summed E-state index contributed by atoms with van der Waals surface area (Å²) >= 11 is 1.47. The van der Waals surface area contributed by atoms with Crippen molar-refractivity contribution in [2.75, 3.05) is 7.11 Å². The van der Waals surface area contributed by atoms with E-state index >= 15 is 0 Å². The quantitative estimate of drug-likeness (QED) is 0.682. The Bertz CT molecular complexity index is 712. The fraction of sp³-hybridized carbons (Fsp3) is 0.133. The SMILES string of the molecule is COC(=O)c1cc2c(ccn2Cc2ccccc2)s1. The van der Waals surface area contributed by atoms with Gasteiger partial charge in [0.1, 0.15) is 4.88 Å². The fourth-order valence-electron chi connectivity index (χ4n) is 2.10. The summed E-state index contributed by atoms with van der Waals surface area (Å²) in [5, 5.41) is 0. The molecule has 96 valence electrons. The van der Waals surface area contributed by atoms with Crippen LogP contribution in [0.2, 0.25) is 0 Å². The van der Waals surface area contributed by atoms with Gasteiger partial charge < -0.3 is 9.30 Å². The maximum atomic E-state index is 11.5. The first-order valence-corrected chi connectivity index (χ1v) is 6.80. The topological polar surface area (TPSA) is 31.2 Å². The molecule has 0 bridgehead atoms. The number of aromatic nitrogens is 1. The highest BCUT2D eigenvalue weighted by Gasteiger charge is 2.12. The highest BCUT2D eigenvalue weighted by molar-refractivity contribution is 7.20. The summed E-state index contributed by atoms with van der Waals surface area (Å²) in [4.78, 5) is 12.2. The van der Waals surface area contributed by atoms with Crippen LogP contribution < -0.4 is 0 Å². The zero-order valence-electron chi connectivity index (χ0n) is 10.5. The molecule has 0 unspecified atom stereocenters. The Morgan fingerprint density at radius 3 is 2.79 bits per heavy atom. The van der Waals surface area contributed by atoms with Crippen molar-refractivity contribution in [2.45, 2.75) is 6.54 Å². The number of carbonyl (C=O) groups excluding carboxylic acids is 1. The van der Waals surface area contributed by atoms with Gasteiger partial charge in [-0.3, -0.25) is 0 Å². The molecule has 4 heteroatoms. The minimum Gasteiger partial charge on any atom is -0.465 e. The van der Waals surface area contributed by atoms with Crippen LogP contribution in [0.15, 0.2) is 48.7 Å². The minimum absolute atomic E-state index is 0.271. The number of ether oxygens (including phenoxy) is 1. The second kappa shape index (κ2) is 4.90. The van der Waals surface area contributed by atoms with Crippen molar-refractivity contribution in [3.8, 4) is 0 Å². The predicted octanol–water partition coefficient (Wildman–Crippen LogP) is 3.54. The first-order chi connectivity index (χ1) is 9.28. The Morgan fingerprint density at radius 1 is 1.26 bits per heavy atom. The van der Waals surface area contributed by atoms with Gasteiger partial charge in [-0.25, -0.2) is 4.79 Å². The van der Waals surface area contributed by atoms with Gasteiger partial charge in [-0.1, -0.05) is 30.3 Å². The smallest absolute Gasteiger partial charge is 0.348 e. The monoisotopic (exact) mass is 271 g/mol. The number of esters is 1. The summed E-state index contributed by atoms with van der Waals surface area (Å²) in [5.41, 5.74) is 2.32. The molecule has 2 aromatic heterocycles. The predicted molar refractivity (Wildman–Crippen MR) is 76.7 cm³/mol. The molecule has 0 radical (unpaired) electrons. The third-order valence-corrected chi connectivity index (χ3v) is 4.11. The molecule has 0 spiro atoms. The van der Waals surface area contributed by atoms with Gasteiger partial charge in [-0.2, -0.15) is 0 Å². The maximum absolute atomic E-state index is 11.5. The summed E-state index contributed by atoms with van der Waals surface area (Å²) < 4.78 is 8.01. The summed E-state index contributed by atoms with van der Waals surface area (Å²) in [6.07, 6.45) is 2.05. The maximum Gasteiger partial charge on any atom is 0.348 e. The average Bonchev–Trinajstić information content (AvgIpc) is 3.01. The summed E-state index contributed by atoms with van der Waals surface area (Å²) in [6, 6.07) is 14.2. The van der Waals surface area contributed by atoms with Crippen LogP contribution in [0.1, 0.15) is 15.2 Å². The Hall–Kier alpha value is -2.07. The molecule has 3 nitrogen and oxygen atoms in total. The van der Waals surface area contributed by atoms with Gasteiger partial charge in [-0.05, 0) is 17.7 Å². The Kier molecular flexibility index (Phi) is 3.09.